The van der Waals surface area contributed by atoms with Crippen molar-refractivity contribution in [3.05, 3.63) is 29.8 Å². The number of hydrogen-bond donors (Lipinski definition) is 7. The highest BCUT2D eigenvalue weighted by atomic mass is 16.4. The molecule has 0 aromatic heterocycles. The Balaban J connectivity index is 2.58. The second-order valence-electron chi connectivity index (χ2n) is 9.29. The lowest BCUT2D eigenvalue weighted by molar-refractivity contribution is -0.143. The van der Waals surface area contributed by atoms with Gasteiger partial charge in [0.1, 0.15) is 17.8 Å². The summed E-state index contributed by atoms with van der Waals surface area (Å²) in [6.45, 7) is 6.12. The zero-order valence-electron chi connectivity index (χ0n) is 21.0. The quantitative estimate of drug-likeness (QED) is 0.170. The molecule has 200 valence electrons. The minimum Gasteiger partial charge on any atom is -0.508 e. The first-order valence-corrected chi connectivity index (χ1v) is 11.7. The molecular formula is C24H37N5O7. The predicted molar refractivity (Wildman–Crippen MR) is 132 cm³/mol. The van der Waals surface area contributed by atoms with E-state index in [4.69, 9.17) is 10.8 Å². The molecule has 0 aliphatic rings. The van der Waals surface area contributed by atoms with Crippen molar-refractivity contribution in [1.82, 2.24) is 21.3 Å². The number of nitrogens with two attached hydrogens (primary N) is 1. The van der Waals surface area contributed by atoms with Gasteiger partial charge in [-0.1, -0.05) is 39.8 Å². The third-order valence-corrected chi connectivity index (χ3v) is 5.19. The van der Waals surface area contributed by atoms with E-state index in [-0.39, 0.29) is 24.0 Å². The van der Waals surface area contributed by atoms with Crippen LogP contribution in [0.15, 0.2) is 24.3 Å². The second-order valence-corrected chi connectivity index (χ2v) is 9.29. The summed E-state index contributed by atoms with van der Waals surface area (Å²) in [4.78, 5) is 60.4. The molecule has 0 saturated carbocycles. The molecule has 0 radical (unpaired) electrons. The zero-order chi connectivity index (χ0) is 27.4. The van der Waals surface area contributed by atoms with Gasteiger partial charge in [0.05, 0.1) is 19.1 Å². The van der Waals surface area contributed by atoms with Gasteiger partial charge in [0.25, 0.3) is 0 Å². The van der Waals surface area contributed by atoms with Gasteiger partial charge in [-0.25, -0.2) is 4.79 Å². The fraction of sp³-hybridized carbons (Fsp3) is 0.542. The van der Waals surface area contributed by atoms with Crippen LogP contribution in [0.3, 0.4) is 0 Å². The van der Waals surface area contributed by atoms with Gasteiger partial charge in [0, 0.05) is 0 Å². The van der Waals surface area contributed by atoms with E-state index in [2.05, 4.69) is 21.3 Å². The van der Waals surface area contributed by atoms with E-state index in [1.54, 1.807) is 26.0 Å². The van der Waals surface area contributed by atoms with Crippen molar-refractivity contribution < 1.29 is 34.2 Å². The summed E-state index contributed by atoms with van der Waals surface area (Å²) in [5, 5.41) is 28.1. The summed E-state index contributed by atoms with van der Waals surface area (Å²) < 4.78 is 0. The van der Waals surface area contributed by atoms with Gasteiger partial charge in [0.2, 0.25) is 23.6 Å². The van der Waals surface area contributed by atoms with Crippen LogP contribution in [0.5, 0.6) is 5.75 Å². The Morgan fingerprint density at radius 3 is 1.97 bits per heavy atom. The summed E-state index contributed by atoms with van der Waals surface area (Å²) in [6, 6.07) is 3.31. The molecule has 0 heterocycles. The second kappa shape index (κ2) is 14.7. The van der Waals surface area contributed by atoms with Gasteiger partial charge in [-0.3, -0.25) is 19.2 Å². The molecule has 0 spiro atoms. The highest BCUT2D eigenvalue weighted by Crippen LogP contribution is 2.11. The smallest absolute Gasteiger partial charge is 0.326 e. The lowest BCUT2D eigenvalue weighted by Crippen LogP contribution is -2.54. The standard InChI is InChI=1S/C24H37N5O7/c1-13(2)9-18(28-22(33)17(25)10-15-5-7-16(30)8-6-15)23(34)27-11-19(31)26-12-20(32)29-21(14(3)4)24(35)36/h5-8,13-14,17-18,21,30H,9-12,25H2,1-4H3,(H,26,31)(H,27,34)(H,28,33)(H,29,32)(H,35,36)/t17-,18-,21-/m0/s1. The number of aromatic hydroxyl groups is 1. The van der Waals surface area contributed by atoms with Crippen molar-refractivity contribution in [1.29, 1.82) is 0 Å². The van der Waals surface area contributed by atoms with Crippen LogP contribution in [0.4, 0.5) is 0 Å². The third kappa shape index (κ3) is 11.2. The van der Waals surface area contributed by atoms with Gasteiger partial charge in [-0.15, -0.1) is 0 Å². The fourth-order valence-corrected chi connectivity index (χ4v) is 3.23. The van der Waals surface area contributed by atoms with E-state index in [1.807, 2.05) is 13.8 Å². The summed E-state index contributed by atoms with van der Waals surface area (Å²) in [5.74, 6) is -3.84. The molecule has 0 unspecified atom stereocenters. The van der Waals surface area contributed by atoms with Crippen molar-refractivity contribution in [2.24, 2.45) is 17.6 Å². The van der Waals surface area contributed by atoms with Crippen LogP contribution >= 0.6 is 0 Å². The molecule has 3 atom stereocenters. The van der Waals surface area contributed by atoms with Crippen molar-refractivity contribution in [3.63, 3.8) is 0 Å². The van der Waals surface area contributed by atoms with Crippen molar-refractivity contribution in [3.8, 4) is 5.75 Å². The van der Waals surface area contributed by atoms with Gasteiger partial charge in [-0.2, -0.15) is 0 Å². The van der Waals surface area contributed by atoms with E-state index in [9.17, 15) is 29.1 Å². The number of hydrogen-bond acceptors (Lipinski definition) is 7. The Bertz CT molecular complexity index is 918. The Kier molecular flexibility index (Phi) is 12.4. The zero-order valence-corrected chi connectivity index (χ0v) is 21.0. The number of amides is 4. The normalized spacial score (nSPS) is 13.4. The SMILES string of the molecule is CC(C)C[C@H](NC(=O)[C@@H](N)Cc1ccc(O)cc1)C(=O)NCC(=O)NCC(=O)N[C@H](C(=O)O)C(C)C. The van der Waals surface area contributed by atoms with Crippen LogP contribution in [-0.2, 0) is 30.4 Å². The summed E-state index contributed by atoms with van der Waals surface area (Å²) in [5.41, 5.74) is 6.72. The molecule has 8 N–H and O–H groups in total. The van der Waals surface area contributed by atoms with Gasteiger partial charge in [0.15, 0.2) is 0 Å². The Morgan fingerprint density at radius 1 is 0.861 bits per heavy atom. The number of nitrogens with one attached hydrogen (secondary N) is 4. The molecule has 1 aromatic rings. The average molecular weight is 508 g/mol. The van der Waals surface area contributed by atoms with Gasteiger partial charge in [-0.05, 0) is 42.4 Å². The predicted octanol–water partition coefficient (Wildman–Crippen LogP) is -0.749. The van der Waals surface area contributed by atoms with Crippen molar-refractivity contribution in [2.75, 3.05) is 13.1 Å². The van der Waals surface area contributed by atoms with E-state index >= 15 is 0 Å². The minimum absolute atomic E-state index is 0.0510. The van der Waals surface area contributed by atoms with Crippen LogP contribution in [0.2, 0.25) is 0 Å². The van der Waals surface area contributed by atoms with E-state index in [0.29, 0.717) is 6.42 Å². The molecule has 0 bridgehead atoms. The molecular weight excluding hydrogens is 470 g/mol. The molecule has 1 aromatic carbocycles. The Morgan fingerprint density at radius 2 is 1.44 bits per heavy atom. The number of carbonyl (C=O) groups excluding carboxylic acids is 4. The van der Waals surface area contributed by atoms with Gasteiger partial charge < -0.3 is 37.2 Å². The molecule has 12 nitrogen and oxygen atoms in total. The van der Waals surface area contributed by atoms with Crippen LogP contribution in [0.1, 0.15) is 39.7 Å². The highest BCUT2D eigenvalue weighted by Gasteiger charge is 2.26. The van der Waals surface area contributed by atoms with Crippen molar-refractivity contribution >= 4 is 29.6 Å². The van der Waals surface area contributed by atoms with Crippen LogP contribution in [-0.4, -0.2) is 71.0 Å². The molecule has 0 aliphatic heterocycles. The lowest BCUT2D eigenvalue weighted by atomic mass is 10.0. The number of phenolic OH excluding ortho intramolecular Hbond substituents is 1. The Hall–Kier alpha value is -3.67. The minimum atomic E-state index is -1.18. The lowest BCUT2D eigenvalue weighted by Gasteiger charge is -2.22. The average Bonchev–Trinajstić information content (AvgIpc) is 2.79. The fourth-order valence-electron chi connectivity index (χ4n) is 3.23. The van der Waals surface area contributed by atoms with E-state index < -0.39 is 60.8 Å². The molecule has 12 heteroatoms. The number of phenols is 1. The maximum absolute atomic E-state index is 12.7. The van der Waals surface area contributed by atoms with E-state index in [1.165, 1.54) is 12.1 Å². The van der Waals surface area contributed by atoms with Crippen molar-refractivity contribution in [2.45, 2.75) is 58.7 Å². The number of aliphatic carboxylic acids is 1. The monoisotopic (exact) mass is 507 g/mol. The largest absolute Gasteiger partial charge is 0.508 e. The maximum Gasteiger partial charge on any atom is 0.326 e. The number of rotatable bonds is 14. The summed E-state index contributed by atoms with van der Waals surface area (Å²) >= 11 is 0. The number of carboxylic acids is 1. The maximum atomic E-state index is 12.7. The third-order valence-electron chi connectivity index (χ3n) is 5.19. The van der Waals surface area contributed by atoms with Crippen LogP contribution < -0.4 is 27.0 Å². The molecule has 0 saturated heterocycles. The van der Waals surface area contributed by atoms with Crippen LogP contribution in [0, 0.1) is 11.8 Å². The first kappa shape index (κ1) is 30.4. The summed E-state index contributed by atoms with van der Waals surface area (Å²) in [6.07, 6.45) is 0.505. The number of carbonyl (C=O) groups is 5. The molecule has 0 fully saturated rings. The first-order valence-electron chi connectivity index (χ1n) is 11.7. The van der Waals surface area contributed by atoms with Crippen LogP contribution in [0.25, 0.3) is 0 Å². The van der Waals surface area contributed by atoms with Gasteiger partial charge >= 0.3 is 5.97 Å². The summed E-state index contributed by atoms with van der Waals surface area (Å²) in [7, 11) is 0. The molecule has 0 aliphatic carbocycles. The molecule has 4 amide bonds. The topological polar surface area (TPSA) is 200 Å². The number of benzene rings is 1. The molecule has 36 heavy (non-hydrogen) atoms. The Labute approximate surface area is 210 Å². The highest BCUT2D eigenvalue weighted by molar-refractivity contribution is 5.93. The number of carboxylic acid groups (broad SMARTS) is 1. The van der Waals surface area contributed by atoms with E-state index in [0.717, 1.165) is 5.56 Å². The first-order chi connectivity index (χ1) is 16.8. The molecule has 1 rings (SSSR count).